The zero-order valence-corrected chi connectivity index (χ0v) is 14.1. The molecule has 3 rings (SSSR count). The Kier molecular flexibility index (Phi) is 4.90. The lowest BCUT2D eigenvalue weighted by atomic mass is 10.3. The van der Waals surface area contributed by atoms with Crippen molar-refractivity contribution in [3.63, 3.8) is 0 Å². The summed E-state index contributed by atoms with van der Waals surface area (Å²) in [5.41, 5.74) is 1.91. The highest BCUT2D eigenvalue weighted by Gasteiger charge is 2.06. The number of fused-ring (bicyclic) bond motifs is 1. The number of hydrogen-bond acceptors (Lipinski definition) is 4. The molecule has 0 saturated heterocycles. The number of amides is 2. The SMILES string of the molecule is Cc1cccn2c(=O)cc(CNC(=O)NCCc3cccs3)nc12. The molecule has 0 atom stereocenters. The van der Waals surface area contributed by atoms with Gasteiger partial charge in [-0.15, -0.1) is 11.3 Å². The molecule has 7 heteroatoms. The molecule has 2 N–H and O–H groups in total. The molecular weight excluding hydrogens is 324 g/mol. The first-order valence-electron chi connectivity index (χ1n) is 7.65. The Balaban J connectivity index is 1.58. The van der Waals surface area contributed by atoms with E-state index in [1.807, 2.05) is 36.6 Å². The molecule has 0 bridgehead atoms. The maximum absolute atomic E-state index is 12.1. The van der Waals surface area contributed by atoms with Crippen molar-refractivity contribution < 1.29 is 4.79 Å². The fraction of sp³-hybridized carbons (Fsp3) is 0.235. The van der Waals surface area contributed by atoms with Gasteiger partial charge in [0.25, 0.3) is 5.56 Å². The van der Waals surface area contributed by atoms with Crippen LogP contribution in [0.3, 0.4) is 0 Å². The van der Waals surface area contributed by atoms with E-state index in [1.54, 1.807) is 17.5 Å². The van der Waals surface area contributed by atoms with Gasteiger partial charge < -0.3 is 10.6 Å². The molecular formula is C17H18N4O2S. The van der Waals surface area contributed by atoms with E-state index >= 15 is 0 Å². The normalized spacial score (nSPS) is 10.7. The zero-order chi connectivity index (χ0) is 16.9. The molecule has 0 aliphatic rings. The maximum Gasteiger partial charge on any atom is 0.315 e. The van der Waals surface area contributed by atoms with Gasteiger partial charge in [-0.2, -0.15) is 0 Å². The van der Waals surface area contributed by atoms with Crippen molar-refractivity contribution in [1.82, 2.24) is 20.0 Å². The molecule has 0 aliphatic carbocycles. The second-order valence-corrected chi connectivity index (χ2v) is 6.44. The molecule has 3 heterocycles. The summed E-state index contributed by atoms with van der Waals surface area (Å²) in [5, 5.41) is 7.55. The summed E-state index contributed by atoms with van der Waals surface area (Å²) in [6.07, 6.45) is 2.49. The molecule has 6 nitrogen and oxygen atoms in total. The third-order valence-electron chi connectivity index (χ3n) is 3.61. The van der Waals surface area contributed by atoms with Gasteiger partial charge >= 0.3 is 6.03 Å². The number of thiophene rings is 1. The van der Waals surface area contributed by atoms with E-state index in [4.69, 9.17) is 0 Å². The molecule has 0 unspecified atom stereocenters. The Bertz CT molecular complexity index is 903. The summed E-state index contributed by atoms with van der Waals surface area (Å²) in [6.45, 7) is 2.68. The molecule has 0 radical (unpaired) electrons. The van der Waals surface area contributed by atoms with Crippen LogP contribution in [0.2, 0.25) is 0 Å². The van der Waals surface area contributed by atoms with Crippen molar-refractivity contribution in [2.75, 3.05) is 6.54 Å². The third kappa shape index (κ3) is 3.80. The molecule has 3 aromatic rings. The monoisotopic (exact) mass is 342 g/mol. The van der Waals surface area contributed by atoms with E-state index < -0.39 is 0 Å². The number of nitrogens with zero attached hydrogens (tertiary/aromatic N) is 2. The highest BCUT2D eigenvalue weighted by Crippen LogP contribution is 2.08. The van der Waals surface area contributed by atoms with E-state index in [0.717, 1.165) is 12.0 Å². The Morgan fingerprint density at radius 3 is 2.96 bits per heavy atom. The molecule has 0 aliphatic heterocycles. The minimum Gasteiger partial charge on any atom is -0.338 e. The van der Waals surface area contributed by atoms with Gasteiger partial charge in [0.2, 0.25) is 0 Å². The van der Waals surface area contributed by atoms with Crippen LogP contribution in [0.5, 0.6) is 0 Å². The molecule has 3 aromatic heterocycles. The predicted molar refractivity (Wildman–Crippen MR) is 94.5 cm³/mol. The number of carbonyl (C=O) groups is 1. The lowest BCUT2D eigenvalue weighted by molar-refractivity contribution is 0.240. The molecule has 124 valence electrons. The summed E-state index contributed by atoms with van der Waals surface area (Å²) in [4.78, 5) is 29.6. The molecule has 0 fully saturated rings. The third-order valence-corrected chi connectivity index (χ3v) is 4.54. The van der Waals surface area contributed by atoms with Crippen molar-refractivity contribution in [2.24, 2.45) is 0 Å². The van der Waals surface area contributed by atoms with Gasteiger partial charge in [0.05, 0.1) is 12.2 Å². The van der Waals surface area contributed by atoms with Gasteiger partial charge in [-0.05, 0) is 36.4 Å². The highest BCUT2D eigenvalue weighted by molar-refractivity contribution is 7.09. The van der Waals surface area contributed by atoms with E-state index in [0.29, 0.717) is 17.9 Å². The summed E-state index contributed by atoms with van der Waals surface area (Å²) in [5.74, 6) is 0. The van der Waals surface area contributed by atoms with Crippen molar-refractivity contribution in [1.29, 1.82) is 0 Å². The zero-order valence-electron chi connectivity index (χ0n) is 13.3. The van der Waals surface area contributed by atoms with Crippen LogP contribution in [0.15, 0.2) is 46.7 Å². The fourth-order valence-electron chi connectivity index (χ4n) is 2.39. The number of aryl methyl sites for hydroxylation is 1. The van der Waals surface area contributed by atoms with E-state index in [1.165, 1.54) is 15.3 Å². The Labute approximate surface area is 143 Å². The van der Waals surface area contributed by atoms with Crippen molar-refractivity contribution in [3.05, 3.63) is 68.4 Å². The minimum atomic E-state index is -0.265. The Morgan fingerprint density at radius 1 is 1.29 bits per heavy atom. The molecule has 0 aromatic carbocycles. The standard InChI is InChI=1S/C17H18N4O2S/c1-12-4-2-8-21-15(22)10-13(20-16(12)21)11-19-17(23)18-7-6-14-5-3-9-24-14/h2-5,8-10H,6-7,11H2,1H3,(H2,18,19,23). The minimum absolute atomic E-state index is 0.154. The Hall–Kier alpha value is -2.67. The number of pyridine rings is 1. The first kappa shape index (κ1) is 16.2. The number of nitrogens with one attached hydrogen (secondary N) is 2. The number of aromatic nitrogens is 2. The summed E-state index contributed by atoms with van der Waals surface area (Å²) < 4.78 is 1.50. The fourth-order valence-corrected chi connectivity index (χ4v) is 3.10. The van der Waals surface area contributed by atoms with E-state index in [2.05, 4.69) is 15.6 Å². The second-order valence-electron chi connectivity index (χ2n) is 5.41. The van der Waals surface area contributed by atoms with E-state index in [9.17, 15) is 9.59 Å². The lowest BCUT2D eigenvalue weighted by Gasteiger charge is -2.08. The second kappa shape index (κ2) is 7.27. The topological polar surface area (TPSA) is 75.5 Å². The number of urea groups is 1. The van der Waals surface area contributed by atoms with Crippen LogP contribution in [-0.2, 0) is 13.0 Å². The van der Waals surface area contributed by atoms with Crippen LogP contribution in [0.25, 0.3) is 5.65 Å². The summed E-state index contributed by atoms with van der Waals surface area (Å²) in [6, 6.07) is 8.92. The predicted octanol–water partition coefficient (Wildman–Crippen LogP) is 2.11. The van der Waals surface area contributed by atoms with Gasteiger partial charge in [0.1, 0.15) is 5.65 Å². The van der Waals surface area contributed by atoms with Gasteiger partial charge in [-0.25, -0.2) is 9.78 Å². The lowest BCUT2D eigenvalue weighted by Crippen LogP contribution is -2.36. The number of rotatable bonds is 5. The quantitative estimate of drug-likeness (QED) is 0.746. The molecule has 0 spiro atoms. The average molecular weight is 342 g/mol. The van der Waals surface area contributed by atoms with Crippen molar-refractivity contribution >= 4 is 23.0 Å². The average Bonchev–Trinajstić information content (AvgIpc) is 3.07. The number of carbonyl (C=O) groups excluding carboxylic acids is 1. The first-order chi connectivity index (χ1) is 11.6. The van der Waals surface area contributed by atoms with Gasteiger partial charge in [-0.3, -0.25) is 9.20 Å². The summed E-state index contributed by atoms with van der Waals surface area (Å²) in [7, 11) is 0. The Morgan fingerprint density at radius 2 is 2.17 bits per heavy atom. The summed E-state index contributed by atoms with van der Waals surface area (Å²) >= 11 is 1.67. The van der Waals surface area contributed by atoms with Crippen LogP contribution in [0.4, 0.5) is 4.79 Å². The molecule has 0 saturated carbocycles. The largest absolute Gasteiger partial charge is 0.338 e. The van der Waals surface area contributed by atoms with E-state index in [-0.39, 0.29) is 18.1 Å². The van der Waals surface area contributed by atoms with Gasteiger partial charge in [0.15, 0.2) is 0 Å². The van der Waals surface area contributed by atoms with Crippen LogP contribution in [-0.4, -0.2) is 22.0 Å². The van der Waals surface area contributed by atoms with Crippen LogP contribution in [0.1, 0.15) is 16.1 Å². The van der Waals surface area contributed by atoms with Crippen molar-refractivity contribution in [3.8, 4) is 0 Å². The maximum atomic E-state index is 12.1. The first-order valence-corrected chi connectivity index (χ1v) is 8.53. The van der Waals surface area contributed by atoms with Gasteiger partial charge in [0, 0.05) is 23.7 Å². The van der Waals surface area contributed by atoms with Crippen molar-refractivity contribution in [2.45, 2.75) is 19.9 Å². The molecule has 2 amide bonds. The van der Waals surface area contributed by atoms with Gasteiger partial charge in [-0.1, -0.05) is 12.1 Å². The van der Waals surface area contributed by atoms with Crippen LogP contribution < -0.4 is 16.2 Å². The number of hydrogen-bond donors (Lipinski definition) is 2. The highest BCUT2D eigenvalue weighted by atomic mass is 32.1. The van der Waals surface area contributed by atoms with Crippen LogP contribution >= 0.6 is 11.3 Å². The molecule has 24 heavy (non-hydrogen) atoms. The van der Waals surface area contributed by atoms with Crippen LogP contribution in [0, 0.1) is 6.92 Å². The smallest absolute Gasteiger partial charge is 0.315 e.